The molecule has 4 nitrogen and oxygen atoms in total. The third-order valence-electron chi connectivity index (χ3n) is 3.32. The van der Waals surface area contributed by atoms with Gasteiger partial charge in [0.15, 0.2) is 0 Å². The molecule has 0 amide bonds. The highest BCUT2D eigenvalue weighted by Crippen LogP contribution is 2.48. The summed E-state index contributed by atoms with van der Waals surface area (Å²) in [7, 11) is 3.17. The van der Waals surface area contributed by atoms with Crippen LogP contribution in [0.1, 0.15) is 32.6 Å². The fourth-order valence-corrected chi connectivity index (χ4v) is 1.81. The van der Waals surface area contributed by atoms with Crippen molar-refractivity contribution in [2.24, 2.45) is 5.41 Å². The van der Waals surface area contributed by atoms with Crippen LogP contribution in [-0.4, -0.2) is 39.4 Å². The Labute approximate surface area is 97.7 Å². The Morgan fingerprint density at radius 3 is 2.62 bits per heavy atom. The first-order chi connectivity index (χ1) is 7.62. The number of hydrogen-bond acceptors (Lipinski definition) is 4. The van der Waals surface area contributed by atoms with E-state index in [9.17, 15) is 4.79 Å². The van der Waals surface area contributed by atoms with Crippen molar-refractivity contribution in [1.82, 2.24) is 5.32 Å². The van der Waals surface area contributed by atoms with Crippen molar-refractivity contribution in [3.8, 4) is 0 Å². The molecule has 0 aliphatic heterocycles. The summed E-state index contributed by atoms with van der Waals surface area (Å²) in [5, 5.41) is 3.40. The van der Waals surface area contributed by atoms with Crippen molar-refractivity contribution >= 4 is 5.97 Å². The van der Waals surface area contributed by atoms with E-state index in [0.29, 0.717) is 11.8 Å². The minimum Gasteiger partial charge on any atom is -0.469 e. The average molecular weight is 229 g/mol. The summed E-state index contributed by atoms with van der Waals surface area (Å²) >= 11 is 0. The molecule has 0 aromatic carbocycles. The monoisotopic (exact) mass is 229 g/mol. The van der Waals surface area contributed by atoms with Gasteiger partial charge in [0.05, 0.1) is 13.5 Å². The van der Waals surface area contributed by atoms with Gasteiger partial charge in [-0.15, -0.1) is 0 Å². The van der Waals surface area contributed by atoms with Gasteiger partial charge in [0, 0.05) is 26.3 Å². The number of esters is 1. The van der Waals surface area contributed by atoms with E-state index in [1.165, 1.54) is 20.0 Å². The van der Waals surface area contributed by atoms with Crippen LogP contribution in [0.2, 0.25) is 0 Å². The molecule has 1 N–H and O–H groups in total. The van der Waals surface area contributed by atoms with Crippen LogP contribution in [0.3, 0.4) is 0 Å². The molecule has 0 spiro atoms. The van der Waals surface area contributed by atoms with Crippen LogP contribution >= 0.6 is 0 Å². The molecule has 0 radical (unpaired) electrons. The van der Waals surface area contributed by atoms with E-state index in [4.69, 9.17) is 4.74 Å². The second-order valence-electron chi connectivity index (χ2n) is 4.81. The fraction of sp³-hybridized carbons (Fsp3) is 0.917. The molecule has 0 heterocycles. The fourth-order valence-electron chi connectivity index (χ4n) is 1.81. The zero-order valence-corrected chi connectivity index (χ0v) is 10.5. The molecule has 1 saturated carbocycles. The van der Waals surface area contributed by atoms with Gasteiger partial charge < -0.3 is 14.8 Å². The first-order valence-electron chi connectivity index (χ1n) is 5.91. The molecular weight excluding hydrogens is 206 g/mol. The van der Waals surface area contributed by atoms with Crippen LogP contribution in [0.5, 0.6) is 0 Å². The third-order valence-corrected chi connectivity index (χ3v) is 3.32. The standard InChI is InChI=1S/C12H23NO3/c1-10(8-11(14)16-3)13-9-12(4-5-12)6-7-15-2/h10,13H,4-9H2,1-3H3. The maximum atomic E-state index is 11.1. The number of ether oxygens (including phenoxy) is 2. The van der Waals surface area contributed by atoms with Gasteiger partial charge in [0.2, 0.25) is 0 Å². The first kappa shape index (κ1) is 13.5. The van der Waals surface area contributed by atoms with Gasteiger partial charge in [-0.25, -0.2) is 0 Å². The van der Waals surface area contributed by atoms with E-state index >= 15 is 0 Å². The van der Waals surface area contributed by atoms with Crippen LogP contribution in [0.15, 0.2) is 0 Å². The van der Waals surface area contributed by atoms with Crippen molar-refractivity contribution in [1.29, 1.82) is 0 Å². The minimum atomic E-state index is -0.151. The molecule has 1 atom stereocenters. The van der Waals surface area contributed by atoms with Crippen LogP contribution in [0.4, 0.5) is 0 Å². The van der Waals surface area contributed by atoms with Crippen molar-refractivity contribution in [2.75, 3.05) is 27.4 Å². The average Bonchev–Trinajstić information content (AvgIpc) is 3.04. The van der Waals surface area contributed by atoms with Gasteiger partial charge in [-0.1, -0.05) is 0 Å². The van der Waals surface area contributed by atoms with Gasteiger partial charge in [0.1, 0.15) is 0 Å². The van der Waals surface area contributed by atoms with Gasteiger partial charge in [-0.3, -0.25) is 4.79 Å². The zero-order valence-electron chi connectivity index (χ0n) is 10.5. The molecule has 0 saturated heterocycles. The molecule has 0 bridgehead atoms. The number of methoxy groups -OCH3 is 2. The molecule has 16 heavy (non-hydrogen) atoms. The van der Waals surface area contributed by atoms with Crippen molar-refractivity contribution < 1.29 is 14.3 Å². The number of hydrogen-bond donors (Lipinski definition) is 1. The minimum absolute atomic E-state index is 0.151. The normalized spacial score (nSPS) is 19.2. The van der Waals surface area contributed by atoms with Crippen LogP contribution in [0.25, 0.3) is 0 Å². The summed E-state index contributed by atoms with van der Waals surface area (Å²) in [5.74, 6) is -0.151. The maximum Gasteiger partial charge on any atom is 0.307 e. The van der Waals surface area contributed by atoms with E-state index in [2.05, 4.69) is 10.1 Å². The second-order valence-corrected chi connectivity index (χ2v) is 4.81. The second kappa shape index (κ2) is 6.21. The quantitative estimate of drug-likeness (QED) is 0.638. The SMILES string of the molecule is COCCC1(CNC(C)CC(=O)OC)CC1. The third kappa shape index (κ3) is 4.49. The molecule has 0 aromatic heterocycles. The predicted octanol–water partition coefficient (Wildman–Crippen LogP) is 1.34. The molecule has 4 heteroatoms. The van der Waals surface area contributed by atoms with Gasteiger partial charge >= 0.3 is 5.97 Å². The summed E-state index contributed by atoms with van der Waals surface area (Å²) in [5.41, 5.74) is 0.431. The summed E-state index contributed by atoms with van der Waals surface area (Å²) in [6, 6.07) is 0.187. The van der Waals surface area contributed by atoms with Crippen LogP contribution in [0, 0.1) is 5.41 Å². The lowest BCUT2D eigenvalue weighted by atomic mass is 10.0. The molecule has 1 rings (SSSR count). The van der Waals surface area contributed by atoms with E-state index in [0.717, 1.165) is 19.6 Å². The summed E-state index contributed by atoms with van der Waals surface area (Å²) < 4.78 is 9.74. The summed E-state index contributed by atoms with van der Waals surface area (Å²) in [6.45, 7) is 3.82. The van der Waals surface area contributed by atoms with Crippen LogP contribution in [-0.2, 0) is 14.3 Å². The molecule has 1 aliphatic rings. The Hall–Kier alpha value is -0.610. The van der Waals surface area contributed by atoms with Gasteiger partial charge in [-0.05, 0) is 31.6 Å². The molecule has 94 valence electrons. The largest absolute Gasteiger partial charge is 0.469 e. The van der Waals surface area contributed by atoms with Gasteiger partial charge in [-0.2, -0.15) is 0 Å². The summed E-state index contributed by atoms with van der Waals surface area (Å²) in [4.78, 5) is 11.1. The number of rotatable bonds is 8. The number of carbonyl (C=O) groups excluding carboxylic acids is 1. The maximum absolute atomic E-state index is 11.1. The van der Waals surface area contributed by atoms with E-state index in [1.54, 1.807) is 7.11 Å². The highest BCUT2D eigenvalue weighted by molar-refractivity contribution is 5.69. The Kier molecular flexibility index (Phi) is 5.22. The Bertz CT molecular complexity index is 226. The van der Waals surface area contributed by atoms with E-state index in [1.807, 2.05) is 6.92 Å². The first-order valence-corrected chi connectivity index (χ1v) is 5.91. The molecule has 1 fully saturated rings. The van der Waals surface area contributed by atoms with E-state index < -0.39 is 0 Å². The lowest BCUT2D eigenvalue weighted by molar-refractivity contribution is -0.141. The molecule has 1 aliphatic carbocycles. The Morgan fingerprint density at radius 1 is 1.44 bits per heavy atom. The smallest absolute Gasteiger partial charge is 0.307 e. The topological polar surface area (TPSA) is 47.6 Å². The number of nitrogens with one attached hydrogen (secondary N) is 1. The van der Waals surface area contributed by atoms with Crippen molar-refractivity contribution in [3.63, 3.8) is 0 Å². The zero-order chi connectivity index (χ0) is 12.0. The lowest BCUT2D eigenvalue weighted by Gasteiger charge is -2.19. The Balaban J connectivity index is 2.16. The molecule has 1 unspecified atom stereocenters. The van der Waals surface area contributed by atoms with Crippen molar-refractivity contribution in [2.45, 2.75) is 38.6 Å². The van der Waals surface area contributed by atoms with Gasteiger partial charge in [0.25, 0.3) is 0 Å². The predicted molar refractivity (Wildman–Crippen MR) is 62.3 cm³/mol. The number of carbonyl (C=O) groups is 1. The Morgan fingerprint density at radius 2 is 2.12 bits per heavy atom. The lowest BCUT2D eigenvalue weighted by Crippen LogP contribution is -2.34. The molecule has 0 aromatic rings. The summed E-state index contributed by atoms with van der Waals surface area (Å²) in [6.07, 6.45) is 4.10. The molecular formula is C12H23NO3. The highest BCUT2D eigenvalue weighted by atomic mass is 16.5. The van der Waals surface area contributed by atoms with E-state index in [-0.39, 0.29) is 12.0 Å². The van der Waals surface area contributed by atoms with Crippen LogP contribution < -0.4 is 5.32 Å². The van der Waals surface area contributed by atoms with Crippen molar-refractivity contribution in [3.05, 3.63) is 0 Å². The highest BCUT2D eigenvalue weighted by Gasteiger charge is 2.41.